The third kappa shape index (κ3) is 5.77. The quantitative estimate of drug-likeness (QED) is 0.442. The number of ether oxygens (including phenoxy) is 1. The number of aromatic nitrogens is 3. The van der Waals surface area contributed by atoms with E-state index in [0.29, 0.717) is 49.0 Å². The molecule has 2 aromatic heterocycles. The number of alkyl halides is 3. The molecule has 1 aliphatic heterocycles. The summed E-state index contributed by atoms with van der Waals surface area (Å²) in [5.41, 5.74) is 6.19. The molecule has 0 bridgehead atoms. The number of halogens is 3. The number of nitrogens with zero attached hydrogens (tertiary/aromatic N) is 4. The van der Waals surface area contributed by atoms with Gasteiger partial charge >= 0.3 is 6.18 Å². The van der Waals surface area contributed by atoms with Crippen LogP contribution in [0.5, 0.6) is 0 Å². The van der Waals surface area contributed by atoms with Gasteiger partial charge in [0.1, 0.15) is 11.6 Å². The Bertz CT molecular complexity index is 1150. The van der Waals surface area contributed by atoms with Crippen molar-refractivity contribution in [3.05, 3.63) is 41.6 Å². The minimum Gasteiger partial charge on any atom is -0.399 e. The molecule has 34 heavy (non-hydrogen) atoms. The molecule has 0 aliphatic carbocycles. The molecule has 1 saturated heterocycles. The number of rotatable bonds is 7. The minimum absolute atomic E-state index is 0.0851. The van der Waals surface area contributed by atoms with Gasteiger partial charge in [0, 0.05) is 36.7 Å². The van der Waals surface area contributed by atoms with Crippen molar-refractivity contribution < 1.29 is 17.9 Å². The molecule has 0 spiro atoms. The summed E-state index contributed by atoms with van der Waals surface area (Å²) >= 11 is 0. The van der Waals surface area contributed by atoms with E-state index in [4.69, 9.17) is 10.5 Å². The first-order valence-corrected chi connectivity index (χ1v) is 11.2. The number of morpholine rings is 1. The Hall–Kier alpha value is -3.34. The summed E-state index contributed by atoms with van der Waals surface area (Å²) in [5, 5.41) is 7.26. The Kier molecular flexibility index (Phi) is 6.92. The van der Waals surface area contributed by atoms with Crippen LogP contribution in [0.3, 0.4) is 0 Å². The van der Waals surface area contributed by atoms with Crippen molar-refractivity contribution in [1.29, 1.82) is 0 Å². The summed E-state index contributed by atoms with van der Waals surface area (Å²) < 4.78 is 44.8. The Morgan fingerprint density at radius 1 is 1.12 bits per heavy atom. The molecule has 4 rings (SSSR count). The zero-order valence-electron chi connectivity index (χ0n) is 19.1. The normalized spacial score (nSPS) is 14.6. The van der Waals surface area contributed by atoms with E-state index in [1.165, 1.54) is 0 Å². The number of benzene rings is 1. The molecule has 3 heterocycles. The van der Waals surface area contributed by atoms with Crippen molar-refractivity contribution in [2.24, 2.45) is 0 Å². The van der Waals surface area contributed by atoms with Crippen molar-refractivity contribution in [2.75, 3.05) is 54.1 Å². The highest BCUT2D eigenvalue weighted by atomic mass is 19.4. The van der Waals surface area contributed by atoms with E-state index in [9.17, 15) is 13.2 Å². The molecule has 0 atom stereocenters. The molecule has 0 saturated carbocycles. The highest BCUT2D eigenvalue weighted by Gasteiger charge is 2.31. The van der Waals surface area contributed by atoms with Crippen molar-refractivity contribution in [3.8, 4) is 0 Å². The predicted octanol–water partition coefficient (Wildman–Crippen LogP) is 3.94. The first-order chi connectivity index (χ1) is 16.2. The van der Waals surface area contributed by atoms with Gasteiger partial charge in [0.05, 0.1) is 30.5 Å². The lowest BCUT2D eigenvalue weighted by Gasteiger charge is -2.28. The SMILES string of the molecule is CC(C)Nc1nc(NCCc2cc(N)cc(C(F)(F)F)c2)c2cc(N3CCOCC3)ncc2n1. The van der Waals surface area contributed by atoms with Crippen molar-refractivity contribution in [3.63, 3.8) is 0 Å². The van der Waals surface area contributed by atoms with Crippen LogP contribution in [0.2, 0.25) is 0 Å². The standard InChI is InChI=1S/C23H28F3N7O/c1-14(2)30-22-31-19-13-29-20(33-5-7-34-8-6-33)12-18(19)21(32-22)28-4-3-15-9-16(23(24,25)26)11-17(27)10-15/h9-14H,3-8,27H2,1-2H3,(H2,28,30,31,32). The average molecular weight is 476 g/mol. The first-order valence-electron chi connectivity index (χ1n) is 11.2. The Balaban J connectivity index is 1.59. The first kappa shape index (κ1) is 23.8. The van der Waals surface area contributed by atoms with E-state index in [0.717, 1.165) is 36.4 Å². The summed E-state index contributed by atoms with van der Waals surface area (Å²) in [6.45, 7) is 7.09. The van der Waals surface area contributed by atoms with Gasteiger partial charge in [0.25, 0.3) is 0 Å². The van der Waals surface area contributed by atoms with Gasteiger partial charge < -0.3 is 26.0 Å². The molecule has 0 radical (unpaired) electrons. The number of pyridine rings is 1. The van der Waals surface area contributed by atoms with E-state index in [2.05, 4.69) is 30.5 Å². The maximum Gasteiger partial charge on any atom is 0.416 e. The van der Waals surface area contributed by atoms with Crippen molar-refractivity contribution >= 4 is 34.2 Å². The van der Waals surface area contributed by atoms with Crippen molar-refractivity contribution in [1.82, 2.24) is 15.0 Å². The Labute approximate surface area is 195 Å². The lowest BCUT2D eigenvalue weighted by atomic mass is 10.1. The number of nitrogens with one attached hydrogen (secondary N) is 2. The van der Waals surface area contributed by atoms with Crippen LogP contribution in [-0.4, -0.2) is 53.8 Å². The monoisotopic (exact) mass is 475 g/mol. The second-order valence-corrected chi connectivity index (χ2v) is 8.49. The van der Waals surface area contributed by atoms with E-state index in [1.807, 2.05) is 19.9 Å². The van der Waals surface area contributed by atoms with Gasteiger partial charge in [-0.2, -0.15) is 18.2 Å². The molecule has 8 nitrogen and oxygen atoms in total. The summed E-state index contributed by atoms with van der Waals surface area (Å²) in [6, 6.07) is 5.69. The summed E-state index contributed by atoms with van der Waals surface area (Å²) in [4.78, 5) is 15.9. The Morgan fingerprint density at radius 3 is 2.59 bits per heavy atom. The van der Waals surface area contributed by atoms with Gasteiger partial charge in [-0.05, 0) is 50.1 Å². The minimum atomic E-state index is -4.44. The molecule has 3 aromatic rings. The Morgan fingerprint density at radius 2 is 1.88 bits per heavy atom. The average Bonchev–Trinajstić information content (AvgIpc) is 2.78. The van der Waals surface area contributed by atoms with Crippen LogP contribution in [0, 0.1) is 0 Å². The number of hydrogen-bond acceptors (Lipinski definition) is 8. The predicted molar refractivity (Wildman–Crippen MR) is 127 cm³/mol. The summed E-state index contributed by atoms with van der Waals surface area (Å²) in [6.07, 6.45) is -2.39. The van der Waals surface area contributed by atoms with E-state index in [1.54, 1.807) is 12.3 Å². The fourth-order valence-corrected chi connectivity index (χ4v) is 3.80. The third-order valence-electron chi connectivity index (χ3n) is 5.37. The molecular formula is C23H28F3N7O. The van der Waals surface area contributed by atoms with Gasteiger partial charge in [0.15, 0.2) is 0 Å². The van der Waals surface area contributed by atoms with Gasteiger partial charge in [-0.1, -0.05) is 0 Å². The van der Waals surface area contributed by atoms with Gasteiger partial charge in [0.2, 0.25) is 5.95 Å². The molecule has 0 amide bonds. The highest BCUT2D eigenvalue weighted by Crippen LogP contribution is 2.31. The van der Waals surface area contributed by atoms with Gasteiger partial charge in [-0.25, -0.2) is 9.97 Å². The molecule has 182 valence electrons. The number of hydrogen-bond donors (Lipinski definition) is 3. The van der Waals surface area contributed by atoms with E-state index in [-0.39, 0.29) is 11.7 Å². The molecule has 0 unspecified atom stereocenters. The van der Waals surface area contributed by atoms with Crippen molar-refractivity contribution in [2.45, 2.75) is 32.5 Å². The molecule has 1 aliphatic rings. The molecule has 1 aromatic carbocycles. The zero-order valence-corrected chi connectivity index (χ0v) is 19.1. The lowest BCUT2D eigenvalue weighted by molar-refractivity contribution is -0.137. The van der Waals surface area contributed by atoms with Crippen LogP contribution < -0.4 is 21.3 Å². The number of anilines is 4. The van der Waals surface area contributed by atoms with E-state index < -0.39 is 11.7 Å². The molecule has 1 fully saturated rings. The van der Waals surface area contributed by atoms with Crippen LogP contribution in [-0.2, 0) is 17.3 Å². The number of nitrogens with two attached hydrogens (primary N) is 1. The smallest absolute Gasteiger partial charge is 0.399 e. The van der Waals surface area contributed by atoms with Crippen LogP contribution in [0.25, 0.3) is 10.9 Å². The topological polar surface area (TPSA) is 101 Å². The van der Waals surface area contributed by atoms with Crippen LogP contribution in [0.1, 0.15) is 25.0 Å². The molecule has 4 N–H and O–H groups in total. The van der Waals surface area contributed by atoms with Gasteiger partial charge in [-0.15, -0.1) is 0 Å². The maximum atomic E-state index is 13.1. The molecule has 11 heteroatoms. The fraction of sp³-hybridized carbons (Fsp3) is 0.435. The fourth-order valence-electron chi connectivity index (χ4n) is 3.80. The lowest BCUT2D eigenvalue weighted by Crippen LogP contribution is -2.36. The van der Waals surface area contributed by atoms with Crippen LogP contribution in [0.15, 0.2) is 30.5 Å². The summed E-state index contributed by atoms with van der Waals surface area (Å²) in [7, 11) is 0. The summed E-state index contributed by atoms with van der Waals surface area (Å²) in [5.74, 6) is 1.84. The third-order valence-corrected chi connectivity index (χ3v) is 5.37. The second kappa shape index (κ2) is 9.88. The van der Waals surface area contributed by atoms with Gasteiger partial charge in [-0.3, -0.25) is 0 Å². The van der Waals surface area contributed by atoms with E-state index >= 15 is 0 Å². The number of fused-ring (bicyclic) bond motifs is 1. The second-order valence-electron chi connectivity index (χ2n) is 8.49. The van der Waals surface area contributed by atoms with Crippen LogP contribution >= 0.6 is 0 Å². The zero-order chi connectivity index (χ0) is 24.3. The largest absolute Gasteiger partial charge is 0.416 e. The van der Waals surface area contributed by atoms with Crippen LogP contribution in [0.4, 0.5) is 36.4 Å². The molecular weight excluding hydrogens is 447 g/mol. The highest BCUT2D eigenvalue weighted by molar-refractivity contribution is 5.91. The maximum absolute atomic E-state index is 13.1. The number of nitrogen functional groups attached to an aromatic ring is 1.